The first-order valence-electron chi connectivity index (χ1n) is 4.47. The first-order chi connectivity index (χ1) is 6.84. The third-order valence-corrected chi connectivity index (χ3v) is 2.40. The average Bonchev–Trinajstić information content (AvgIpc) is 2.62. The van der Waals surface area contributed by atoms with Gasteiger partial charge in [0.05, 0.1) is 17.2 Å². The zero-order valence-corrected chi connectivity index (χ0v) is 7.44. The standard InChI is InChI=1S/C9H10N4O/c14-8-3-1-2-7-6(8)4-13-9(12-7)10-5-11-13/h1-4,9-11,14H,5H2. The number of phenols is 1. The van der Waals surface area contributed by atoms with E-state index < -0.39 is 0 Å². The van der Waals surface area contributed by atoms with Crippen LogP contribution < -0.4 is 21.3 Å². The van der Waals surface area contributed by atoms with Gasteiger partial charge in [-0.05, 0) is 12.1 Å². The van der Waals surface area contributed by atoms with Crippen LogP contribution in [0.2, 0.25) is 0 Å². The summed E-state index contributed by atoms with van der Waals surface area (Å²) in [5.41, 5.74) is 3.09. The van der Waals surface area contributed by atoms with Gasteiger partial charge in [-0.2, -0.15) is 0 Å². The van der Waals surface area contributed by atoms with E-state index in [1.54, 1.807) is 12.1 Å². The Morgan fingerprint density at radius 2 is 2.43 bits per heavy atom. The van der Waals surface area contributed by atoms with Gasteiger partial charge in [0.15, 0.2) is 6.29 Å². The van der Waals surface area contributed by atoms with Gasteiger partial charge < -0.3 is 5.11 Å². The van der Waals surface area contributed by atoms with Crippen molar-refractivity contribution in [3.8, 4) is 5.75 Å². The van der Waals surface area contributed by atoms with Crippen molar-refractivity contribution in [2.24, 2.45) is 4.99 Å². The predicted octanol–water partition coefficient (Wildman–Crippen LogP) is -1.59. The number of nitrogens with one attached hydrogen (secondary N) is 2. The van der Waals surface area contributed by atoms with Crippen molar-refractivity contribution in [2.75, 3.05) is 6.67 Å². The fourth-order valence-corrected chi connectivity index (χ4v) is 1.69. The first kappa shape index (κ1) is 7.78. The van der Waals surface area contributed by atoms with E-state index in [-0.39, 0.29) is 12.0 Å². The molecule has 1 unspecified atom stereocenters. The Hall–Kier alpha value is -1.59. The summed E-state index contributed by atoms with van der Waals surface area (Å²) in [6, 6.07) is 5.35. The first-order valence-corrected chi connectivity index (χ1v) is 4.47. The summed E-state index contributed by atoms with van der Waals surface area (Å²) in [6.07, 6.45) is 1.81. The number of phenolic OH excluding ortho intramolecular Hbond substituents is 1. The molecule has 2 heterocycles. The van der Waals surface area contributed by atoms with Crippen LogP contribution in [0, 0.1) is 0 Å². The summed E-state index contributed by atoms with van der Waals surface area (Å²) >= 11 is 0. The topological polar surface area (TPSA) is 59.9 Å². The van der Waals surface area contributed by atoms with Gasteiger partial charge in [-0.25, -0.2) is 10.4 Å². The molecule has 0 amide bonds. The molecule has 0 radical (unpaired) electrons. The van der Waals surface area contributed by atoms with Crippen molar-refractivity contribution >= 4 is 6.20 Å². The van der Waals surface area contributed by atoms with Crippen LogP contribution in [0.3, 0.4) is 0 Å². The molecular weight excluding hydrogens is 180 g/mol. The van der Waals surface area contributed by atoms with Gasteiger partial charge in [0.2, 0.25) is 0 Å². The van der Waals surface area contributed by atoms with Gasteiger partial charge in [-0.3, -0.25) is 10.3 Å². The molecule has 1 atom stereocenters. The Morgan fingerprint density at radius 3 is 3.36 bits per heavy atom. The van der Waals surface area contributed by atoms with Gasteiger partial charge in [0, 0.05) is 6.20 Å². The zero-order valence-electron chi connectivity index (χ0n) is 7.44. The predicted molar refractivity (Wildman–Crippen MR) is 50.1 cm³/mol. The Morgan fingerprint density at radius 1 is 1.50 bits per heavy atom. The quantitative estimate of drug-likeness (QED) is 0.462. The highest BCUT2D eigenvalue weighted by Gasteiger charge is 2.22. The van der Waals surface area contributed by atoms with Crippen LogP contribution in [-0.4, -0.2) is 23.1 Å². The Labute approximate surface area is 80.3 Å². The molecule has 5 heteroatoms. The number of nitrogens with zero attached hydrogens (tertiary/aromatic N) is 2. The highest BCUT2D eigenvalue weighted by molar-refractivity contribution is 5.34. The van der Waals surface area contributed by atoms with Crippen LogP contribution >= 0.6 is 0 Å². The highest BCUT2D eigenvalue weighted by atomic mass is 16.3. The molecule has 0 aromatic heterocycles. The maximum atomic E-state index is 9.61. The van der Waals surface area contributed by atoms with Gasteiger partial charge in [-0.1, -0.05) is 6.07 Å². The van der Waals surface area contributed by atoms with Crippen molar-refractivity contribution < 1.29 is 5.11 Å². The van der Waals surface area contributed by atoms with E-state index in [0.29, 0.717) is 6.67 Å². The molecule has 72 valence electrons. The summed E-state index contributed by atoms with van der Waals surface area (Å²) in [7, 11) is 0. The molecule has 3 rings (SSSR count). The summed E-state index contributed by atoms with van der Waals surface area (Å²) in [5, 5.41) is 16.2. The molecule has 0 aliphatic carbocycles. The third kappa shape index (κ3) is 0.997. The number of aromatic hydroxyl groups is 1. The van der Waals surface area contributed by atoms with Gasteiger partial charge in [-0.15, -0.1) is 0 Å². The smallest absolute Gasteiger partial charge is 0.190 e. The minimum atomic E-state index is -0.0516. The second-order valence-electron chi connectivity index (χ2n) is 3.29. The maximum Gasteiger partial charge on any atom is 0.190 e. The number of hydrogen-bond acceptors (Lipinski definition) is 5. The molecule has 0 bridgehead atoms. The van der Waals surface area contributed by atoms with Crippen molar-refractivity contribution in [1.29, 1.82) is 0 Å². The summed E-state index contributed by atoms with van der Waals surface area (Å²) < 4.78 is 0. The Balaban J connectivity index is 2.28. The van der Waals surface area contributed by atoms with E-state index in [1.807, 2.05) is 17.3 Å². The van der Waals surface area contributed by atoms with E-state index in [9.17, 15) is 5.11 Å². The van der Waals surface area contributed by atoms with E-state index in [2.05, 4.69) is 15.7 Å². The van der Waals surface area contributed by atoms with Crippen LogP contribution in [0.15, 0.2) is 23.2 Å². The van der Waals surface area contributed by atoms with Crippen LogP contribution in [0.25, 0.3) is 6.20 Å². The minimum absolute atomic E-state index is 0.0516. The number of benzene rings is 1. The molecular formula is C9H10N4O. The summed E-state index contributed by atoms with van der Waals surface area (Å²) in [5.74, 6) is 0.262. The molecule has 0 saturated carbocycles. The van der Waals surface area contributed by atoms with E-state index in [0.717, 1.165) is 10.6 Å². The van der Waals surface area contributed by atoms with Crippen molar-refractivity contribution in [2.45, 2.75) is 6.29 Å². The fraction of sp³-hybridized carbons (Fsp3) is 0.222. The van der Waals surface area contributed by atoms with Gasteiger partial charge in [0.25, 0.3) is 0 Å². The SMILES string of the molecule is Oc1cccc2c1=CN1NCNC1N=2. The highest BCUT2D eigenvalue weighted by Crippen LogP contribution is 2.04. The van der Waals surface area contributed by atoms with Crippen LogP contribution in [-0.2, 0) is 0 Å². The number of fused-ring (bicyclic) bond motifs is 2. The molecule has 2 aliphatic heterocycles. The Kier molecular flexibility index (Phi) is 1.50. The van der Waals surface area contributed by atoms with Gasteiger partial charge >= 0.3 is 0 Å². The normalized spacial score (nSPS) is 23.4. The molecule has 2 aliphatic rings. The molecule has 1 fully saturated rings. The van der Waals surface area contributed by atoms with Crippen LogP contribution in [0.1, 0.15) is 0 Å². The monoisotopic (exact) mass is 190 g/mol. The second-order valence-corrected chi connectivity index (χ2v) is 3.29. The molecule has 1 aromatic rings. The largest absolute Gasteiger partial charge is 0.507 e. The molecule has 5 nitrogen and oxygen atoms in total. The minimum Gasteiger partial charge on any atom is -0.507 e. The van der Waals surface area contributed by atoms with E-state index in [1.165, 1.54) is 0 Å². The van der Waals surface area contributed by atoms with Crippen molar-refractivity contribution in [3.63, 3.8) is 0 Å². The van der Waals surface area contributed by atoms with Gasteiger partial charge in [0.1, 0.15) is 5.75 Å². The molecule has 14 heavy (non-hydrogen) atoms. The molecule has 1 saturated heterocycles. The maximum absolute atomic E-state index is 9.61. The second kappa shape index (κ2) is 2.70. The molecule has 1 aromatic carbocycles. The lowest BCUT2D eigenvalue weighted by Crippen LogP contribution is -2.44. The lowest BCUT2D eigenvalue weighted by Gasteiger charge is -2.20. The number of hydrogen-bond donors (Lipinski definition) is 3. The van der Waals surface area contributed by atoms with Crippen LogP contribution in [0.5, 0.6) is 5.75 Å². The zero-order chi connectivity index (χ0) is 9.54. The molecule has 3 N–H and O–H groups in total. The molecule has 0 spiro atoms. The van der Waals surface area contributed by atoms with Crippen molar-refractivity contribution in [3.05, 3.63) is 28.8 Å². The van der Waals surface area contributed by atoms with E-state index in [4.69, 9.17) is 0 Å². The fourth-order valence-electron chi connectivity index (χ4n) is 1.69. The van der Waals surface area contributed by atoms with Crippen molar-refractivity contribution in [1.82, 2.24) is 15.8 Å². The number of rotatable bonds is 0. The third-order valence-electron chi connectivity index (χ3n) is 2.40. The number of hydrazine groups is 1. The lowest BCUT2D eigenvalue weighted by molar-refractivity contribution is 0.292. The van der Waals surface area contributed by atoms with Crippen LogP contribution in [0.4, 0.5) is 0 Å². The Bertz CT molecular complexity index is 484. The lowest BCUT2D eigenvalue weighted by atomic mass is 10.2. The average molecular weight is 190 g/mol. The van der Waals surface area contributed by atoms with E-state index >= 15 is 0 Å². The summed E-state index contributed by atoms with van der Waals surface area (Å²) in [6.45, 7) is 0.694. The summed E-state index contributed by atoms with van der Waals surface area (Å²) in [4.78, 5) is 4.43.